The molecule has 94 valence electrons. The molecule has 7 heteroatoms. The second kappa shape index (κ2) is 4.18. The van der Waals surface area contributed by atoms with Crippen molar-refractivity contribution < 1.29 is 4.79 Å². The lowest BCUT2D eigenvalue weighted by molar-refractivity contribution is -0.129. The van der Waals surface area contributed by atoms with Crippen LogP contribution in [0.3, 0.4) is 0 Å². The number of hydrogen-bond acceptors (Lipinski definition) is 6. The van der Waals surface area contributed by atoms with Crippen LogP contribution < -0.4 is 11.5 Å². The van der Waals surface area contributed by atoms with Crippen LogP contribution in [0.1, 0.15) is 12.0 Å². The number of likely N-dealkylation sites (tertiary alicyclic amines) is 1. The summed E-state index contributed by atoms with van der Waals surface area (Å²) in [4.78, 5) is 21.7. The van der Waals surface area contributed by atoms with E-state index in [0.717, 1.165) is 22.2 Å². The van der Waals surface area contributed by atoms with E-state index in [4.69, 9.17) is 11.5 Å². The minimum Gasteiger partial charge on any atom is -0.382 e. The Bertz CT molecular complexity index is 610. The summed E-state index contributed by atoms with van der Waals surface area (Å²) >= 11 is 1.51. The lowest BCUT2D eigenvalue weighted by Crippen LogP contribution is -2.33. The molecule has 0 radical (unpaired) electrons. The lowest BCUT2D eigenvalue weighted by atomic mass is 10.2. The van der Waals surface area contributed by atoms with Crippen molar-refractivity contribution in [3.63, 3.8) is 0 Å². The normalized spacial score (nSPS) is 19.9. The van der Waals surface area contributed by atoms with Gasteiger partial charge < -0.3 is 16.4 Å². The zero-order chi connectivity index (χ0) is 12.7. The Morgan fingerprint density at radius 2 is 2.33 bits per heavy atom. The molecule has 0 aliphatic carbocycles. The van der Waals surface area contributed by atoms with Gasteiger partial charge in [0.25, 0.3) is 0 Å². The molecule has 6 nitrogen and oxygen atoms in total. The fourth-order valence-corrected chi connectivity index (χ4v) is 3.07. The molecular weight excluding hydrogens is 250 g/mol. The Morgan fingerprint density at radius 3 is 3.06 bits per heavy atom. The number of hydrogen-bond donors (Lipinski definition) is 2. The summed E-state index contributed by atoms with van der Waals surface area (Å²) in [5, 5.41) is 1.98. The van der Waals surface area contributed by atoms with Crippen molar-refractivity contribution >= 4 is 33.3 Å². The summed E-state index contributed by atoms with van der Waals surface area (Å²) in [5.41, 5.74) is 13.3. The first-order valence-electron chi connectivity index (χ1n) is 5.67. The van der Waals surface area contributed by atoms with Gasteiger partial charge in [-0.25, -0.2) is 9.97 Å². The molecule has 1 amide bonds. The quantitative estimate of drug-likeness (QED) is 0.813. The highest BCUT2D eigenvalue weighted by atomic mass is 32.1. The molecule has 0 spiro atoms. The Hall–Kier alpha value is -1.73. The second-order valence-corrected chi connectivity index (χ2v) is 5.23. The van der Waals surface area contributed by atoms with E-state index in [-0.39, 0.29) is 11.9 Å². The Kier molecular flexibility index (Phi) is 2.64. The molecule has 0 aromatic carbocycles. The van der Waals surface area contributed by atoms with Crippen molar-refractivity contribution in [2.24, 2.45) is 5.73 Å². The maximum absolute atomic E-state index is 11.8. The van der Waals surface area contributed by atoms with Crippen LogP contribution in [0.15, 0.2) is 11.7 Å². The topological polar surface area (TPSA) is 98.1 Å². The van der Waals surface area contributed by atoms with Crippen LogP contribution in [0.2, 0.25) is 0 Å². The highest BCUT2D eigenvalue weighted by Gasteiger charge is 2.29. The molecule has 3 heterocycles. The van der Waals surface area contributed by atoms with Gasteiger partial charge in [-0.05, 0) is 11.8 Å². The predicted octanol–water partition coefficient (Wildman–Crippen LogP) is 0.333. The third-order valence-electron chi connectivity index (χ3n) is 3.15. The lowest BCUT2D eigenvalue weighted by Gasteiger charge is -2.14. The number of carbonyl (C=O) groups is 1. The molecule has 4 N–H and O–H groups in total. The van der Waals surface area contributed by atoms with Gasteiger partial charge in [0.15, 0.2) is 0 Å². The Balaban J connectivity index is 1.92. The average Bonchev–Trinajstić information content (AvgIpc) is 2.90. The number of amides is 1. The van der Waals surface area contributed by atoms with E-state index in [2.05, 4.69) is 9.97 Å². The third kappa shape index (κ3) is 1.72. The molecule has 1 fully saturated rings. The number of aromatic nitrogens is 2. The van der Waals surface area contributed by atoms with Gasteiger partial charge in [-0.3, -0.25) is 4.79 Å². The van der Waals surface area contributed by atoms with Crippen LogP contribution in [0, 0.1) is 0 Å². The highest BCUT2D eigenvalue weighted by molar-refractivity contribution is 7.17. The summed E-state index contributed by atoms with van der Waals surface area (Å²) < 4.78 is 0.878. The molecule has 1 aliphatic heterocycles. The van der Waals surface area contributed by atoms with E-state index in [1.54, 1.807) is 4.90 Å². The van der Waals surface area contributed by atoms with Crippen LogP contribution >= 0.6 is 11.3 Å². The number of nitrogen functional groups attached to an aromatic ring is 1. The number of thiophene rings is 1. The van der Waals surface area contributed by atoms with Gasteiger partial charge in [-0.2, -0.15) is 0 Å². The molecule has 18 heavy (non-hydrogen) atoms. The number of fused-ring (bicyclic) bond motifs is 1. The van der Waals surface area contributed by atoms with E-state index in [1.807, 2.05) is 5.38 Å². The maximum atomic E-state index is 11.8. The SMILES string of the molecule is Nc1ncnc2c(CN3CC[C@H](N)C3=O)csc12. The van der Waals surface area contributed by atoms with Crippen LogP contribution in [-0.2, 0) is 11.3 Å². The summed E-state index contributed by atoms with van der Waals surface area (Å²) in [6, 6.07) is -0.352. The molecular formula is C11H13N5OS. The first-order valence-corrected chi connectivity index (χ1v) is 6.55. The van der Waals surface area contributed by atoms with Crippen molar-refractivity contribution in [1.82, 2.24) is 14.9 Å². The zero-order valence-corrected chi connectivity index (χ0v) is 10.5. The highest BCUT2D eigenvalue weighted by Crippen LogP contribution is 2.29. The fourth-order valence-electron chi connectivity index (χ4n) is 2.16. The second-order valence-electron chi connectivity index (χ2n) is 4.35. The van der Waals surface area contributed by atoms with Crippen molar-refractivity contribution in [2.45, 2.75) is 19.0 Å². The van der Waals surface area contributed by atoms with Crippen LogP contribution in [0.25, 0.3) is 10.2 Å². The van der Waals surface area contributed by atoms with Gasteiger partial charge in [0.05, 0.1) is 16.3 Å². The van der Waals surface area contributed by atoms with Gasteiger partial charge in [0.1, 0.15) is 12.1 Å². The van der Waals surface area contributed by atoms with Crippen LogP contribution in [0.4, 0.5) is 5.82 Å². The van der Waals surface area contributed by atoms with Crippen molar-refractivity contribution in [1.29, 1.82) is 0 Å². The predicted molar refractivity (Wildman–Crippen MR) is 69.8 cm³/mol. The zero-order valence-electron chi connectivity index (χ0n) is 9.67. The van der Waals surface area contributed by atoms with Crippen LogP contribution in [0.5, 0.6) is 0 Å². The van der Waals surface area contributed by atoms with Gasteiger partial charge >= 0.3 is 0 Å². The van der Waals surface area contributed by atoms with Crippen LogP contribution in [-0.4, -0.2) is 33.4 Å². The summed E-state index contributed by atoms with van der Waals surface area (Å²) in [5.74, 6) is 0.497. The third-order valence-corrected chi connectivity index (χ3v) is 4.20. The Labute approximate surface area is 108 Å². The van der Waals surface area contributed by atoms with E-state index in [0.29, 0.717) is 18.9 Å². The summed E-state index contributed by atoms with van der Waals surface area (Å²) in [6.07, 6.45) is 2.17. The molecule has 1 aliphatic rings. The number of nitrogens with zero attached hydrogens (tertiary/aromatic N) is 3. The smallest absolute Gasteiger partial charge is 0.239 e. The number of anilines is 1. The number of carbonyl (C=O) groups excluding carboxylic acids is 1. The van der Waals surface area contributed by atoms with Crippen molar-refractivity contribution in [3.8, 4) is 0 Å². The standard InChI is InChI=1S/C11H13N5OS/c12-7-1-2-16(11(7)17)3-6-4-18-9-8(6)14-5-15-10(9)13/h4-5,7H,1-3,12H2,(H2,13,14,15)/t7-/m0/s1. The summed E-state index contributed by atoms with van der Waals surface area (Å²) in [7, 11) is 0. The minimum absolute atomic E-state index is 0.0105. The maximum Gasteiger partial charge on any atom is 0.239 e. The number of rotatable bonds is 2. The Morgan fingerprint density at radius 1 is 1.50 bits per heavy atom. The first-order chi connectivity index (χ1) is 8.66. The van der Waals surface area contributed by atoms with Crippen molar-refractivity contribution in [2.75, 3.05) is 12.3 Å². The molecule has 1 atom stereocenters. The van der Waals surface area contributed by atoms with Gasteiger partial charge in [-0.1, -0.05) is 0 Å². The molecule has 0 unspecified atom stereocenters. The molecule has 0 bridgehead atoms. The van der Waals surface area contributed by atoms with E-state index < -0.39 is 0 Å². The summed E-state index contributed by atoms with van der Waals surface area (Å²) in [6.45, 7) is 1.25. The number of nitrogens with two attached hydrogens (primary N) is 2. The molecule has 0 saturated carbocycles. The van der Waals surface area contributed by atoms with E-state index >= 15 is 0 Å². The molecule has 2 aromatic heterocycles. The monoisotopic (exact) mass is 263 g/mol. The molecule has 1 saturated heterocycles. The van der Waals surface area contributed by atoms with Gasteiger partial charge in [0.2, 0.25) is 5.91 Å². The molecule has 2 aromatic rings. The van der Waals surface area contributed by atoms with Crippen molar-refractivity contribution in [3.05, 3.63) is 17.3 Å². The average molecular weight is 263 g/mol. The van der Waals surface area contributed by atoms with Gasteiger partial charge in [-0.15, -0.1) is 11.3 Å². The van der Waals surface area contributed by atoms with Gasteiger partial charge in [0, 0.05) is 18.7 Å². The largest absolute Gasteiger partial charge is 0.382 e. The minimum atomic E-state index is -0.352. The fraction of sp³-hybridized carbons (Fsp3) is 0.364. The van der Waals surface area contributed by atoms with E-state index in [9.17, 15) is 4.79 Å². The first kappa shape index (κ1) is 11.4. The molecule has 3 rings (SSSR count). The van der Waals surface area contributed by atoms with E-state index in [1.165, 1.54) is 17.7 Å².